The van der Waals surface area contributed by atoms with Crippen LogP contribution >= 0.6 is 23.8 Å². The van der Waals surface area contributed by atoms with Crippen molar-refractivity contribution in [3.8, 4) is 0 Å². The molecule has 2 saturated heterocycles. The molecule has 2 fully saturated rings. The summed E-state index contributed by atoms with van der Waals surface area (Å²) in [6.45, 7) is 2.24. The van der Waals surface area contributed by atoms with Crippen molar-refractivity contribution in [3.63, 3.8) is 0 Å². The van der Waals surface area contributed by atoms with Crippen LogP contribution in [-0.2, 0) is 14.3 Å². The summed E-state index contributed by atoms with van der Waals surface area (Å²) in [6, 6.07) is 14.6. The van der Waals surface area contributed by atoms with E-state index in [0.717, 1.165) is 11.3 Å². The zero-order valence-electron chi connectivity index (χ0n) is 16.7. The normalized spacial score (nSPS) is 28.2. The van der Waals surface area contributed by atoms with Gasteiger partial charge >= 0.3 is 0 Å². The number of aryl methyl sites for hydroxylation is 1. The van der Waals surface area contributed by atoms with Crippen molar-refractivity contribution >= 4 is 52.1 Å². The van der Waals surface area contributed by atoms with Gasteiger partial charge in [-0.25, -0.2) is 4.90 Å². The first-order valence-electron chi connectivity index (χ1n) is 10.00. The van der Waals surface area contributed by atoms with Crippen LogP contribution in [-0.4, -0.2) is 35.2 Å². The molecule has 3 aliphatic rings. The topological polar surface area (TPSA) is 70.7 Å². The van der Waals surface area contributed by atoms with Crippen LogP contribution in [0, 0.1) is 18.8 Å². The second kappa shape index (κ2) is 7.44. The number of imide groups is 1. The van der Waals surface area contributed by atoms with Gasteiger partial charge in [0.1, 0.15) is 5.60 Å². The lowest BCUT2D eigenvalue weighted by atomic mass is 9.77. The molecule has 0 spiro atoms. The molecular weight excluding hydrogens is 434 g/mol. The lowest BCUT2D eigenvalue weighted by Gasteiger charge is -2.29. The Hall–Kier alpha value is -2.74. The molecule has 2 amide bonds. The molecule has 2 aromatic carbocycles. The maximum Gasteiger partial charge on any atom is 0.241 e. The highest BCUT2D eigenvalue weighted by Gasteiger charge is 2.67. The molecule has 0 aromatic heterocycles. The zero-order chi connectivity index (χ0) is 21.8. The smallest absolute Gasteiger partial charge is 0.241 e. The fraction of sp³-hybridized carbons (Fsp3) is 0.261. The van der Waals surface area contributed by atoms with E-state index in [4.69, 9.17) is 28.6 Å². The third kappa shape index (κ3) is 3.33. The van der Waals surface area contributed by atoms with Crippen molar-refractivity contribution in [3.05, 3.63) is 71.3 Å². The van der Waals surface area contributed by atoms with Gasteiger partial charge in [0, 0.05) is 10.7 Å². The molecule has 0 saturated carbocycles. The van der Waals surface area contributed by atoms with E-state index in [-0.39, 0.29) is 18.4 Å². The van der Waals surface area contributed by atoms with Gasteiger partial charge in [-0.2, -0.15) is 0 Å². The number of carbonyl (C=O) groups is 2. The van der Waals surface area contributed by atoms with Crippen LogP contribution in [0.5, 0.6) is 0 Å². The number of anilines is 2. The number of fused-ring (bicyclic) bond motifs is 5. The number of halogens is 1. The standard InChI is InChI=1S/C23H20ClN3O3S/c1-13-5-7-16(8-6-13)27-20(28)18-17-9-10-23(30-17,19(18)21(27)29)12-25-22(31)26-15-4-2-3-14(24)11-15/h2-11,17-19H,12H2,1H3,(H2,25,26,31)/t17-,18+,19+,23+/m1/s1. The van der Waals surface area contributed by atoms with E-state index in [9.17, 15) is 9.59 Å². The van der Waals surface area contributed by atoms with Gasteiger partial charge in [0.2, 0.25) is 11.8 Å². The Morgan fingerprint density at radius 2 is 1.97 bits per heavy atom. The predicted molar refractivity (Wildman–Crippen MR) is 123 cm³/mol. The molecule has 6 nitrogen and oxygen atoms in total. The van der Waals surface area contributed by atoms with Crippen LogP contribution in [0.3, 0.4) is 0 Å². The van der Waals surface area contributed by atoms with E-state index < -0.39 is 23.5 Å². The Balaban J connectivity index is 1.34. The van der Waals surface area contributed by atoms with Crippen molar-refractivity contribution in [2.75, 3.05) is 16.8 Å². The maximum absolute atomic E-state index is 13.4. The van der Waals surface area contributed by atoms with Crippen molar-refractivity contribution in [1.82, 2.24) is 5.32 Å². The Morgan fingerprint density at radius 1 is 1.19 bits per heavy atom. The summed E-state index contributed by atoms with van der Waals surface area (Å²) in [4.78, 5) is 27.8. The lowest BCUT2D eigenvalue weighted by molar-refractivity contribution is -0.126. The van der Waals surface area contributed by atoms with E-state index in [1.54, 1.807) is 24.3 Å². The summed E-state index contributed by atoms with van der Waals surface area (Å²) in [7, 11) is 0. The molecule has 0 aliphatic carbocycles. The second-order valence-corrected chi connectivity index (χ2v) is 8.91. The molecule has 0 unspecified atom stereocenters. The molecule has 158 valence electrons. The van der Waals surface area contributed by atoms with Crippen LogP contribution < -0.4 is 15.5 Å². The zero-order valence-corrected chi connectivity index (χ0v) is 18.2. The first-order chi connectivity index (χ1) is 14.9. The van der Waals surface area contributed by atoms with Crippen LogP contribution in [0.2, 0.25) is 5.02 Å². The first kappa shape index (κ1) is 20.2. The highest BCUT2D eigenvalue weighted by Crippen LogP contribution is 2.52. The molecule has 3 aliphatic heterocycles. The molecule has 5 rings (SSSR count). The van der Waals surface area contributed by atoms with Gasteiger partial charge in [0.25, 0.3) is 0 Å². The average Bonchev–Trinajstić information content (AvgIpc) is 3.38. The van der Waals surface area contributed by atoms with E-state index in [1.807, 2.05) is 43.3 Å². The quantitative estimate of drug-likeness (QED) is 0.420. The van der Waals surface area contributed by atoms with Crippen molar-refractivity contribution in [1.29, 1.82) is 0 Å². The number of amides is 2. The molecule has 3 heterocycles. The number of thiocarbonyl (C=S) groups is 1. The minimum Gasteiger partial charge on any atom is -0.360 e. The van der Waals surface area contributed by atoms with Crippen molar-refractivity contribution < 1.29 is 14.3 Å². The average molecular weight is 454 g/mol. The summed E-state index contributed by atoms with van der Waals surface area (Å²) in [5.74, 6) is -1.55. The summed E-state index contributed by atoms with van der Waals surface area (Å²) < 4.78 is 6.14. The van der Waals surface area contributed by atoms with Gasteiger partial charge in [0.05, 0.1) is 30.2 Å². The predicted octanol–water partition coefficient (Wildman–Crippen LogP) is 3.45. The summed E-state index contributed by atoms with van der Waals surface area (Å²) >= 11 is 11.4. The van der Waals surface area contributed by atoms with E-state index in [2.05, 4.69) is 10.6 Å². The van der Waals surface area contributed by atoms with Gasteiger partial charge in [-0.15, -0.1) is 0 Å². The van der Waals surface area contributed by atoms with Crippen LogP contribution in [0.4, 0.5) is 11.4 Å². The fourth-order valence-corrected chi connectivity index (χ4v) is 4.99. The number of nitrogens with zero attached hydrogens (tertiary/aromatic N) is 1. The van der Waals surface area contributed by atoms with Gasteiger partial charge in [-0.1, -0.05) is 47.5 Å². The maximum atomic E-state index is 13.4. The Kier molecular flexibility index (Phi) is 4.84. The van der Waals surface area contributed by atoms with Gasteiger partial charge in [0.15, 0.2) is 5.11 Å². The summed E-state index contributed by atoms with van der Waals surface area (Å²) in [5, 5.41) is 7.20. The number of carbonyl (C=O) groups excluding carboxylic acids is 2. The number of hydrogen-bond donors (Lipinski definition) is 2. The Morgan fingerprint density at radius 3 is 2.71 bits per heavy atom. The number of benzene rings is 2. The Labute approximate surface area is 190 Å². The van der Waals surface area contributed by atoms with Crippen LogP contribution in [0.25, 0.3) is 0 Å². The Bertz CT molecular complexity index is 1120. The minimum atomic E-state index is -0.915. The monoisotopic (exact) mass is 453 g/mol. The van der Waals surface area contributed by atoms with E-state index >= 15 is 0 Å². The van der Waals surface area contributed by atoms with Gasteiger partial charge in [-0.3, -0.25) is 9.59 Å². The van der Waals surface area contributed by atoms with Crippen LogP contribution in [0.15, 0.2) is 60.7 Å². The van der Waals surface area contributed by atoms with Crippen LogP contribution in [0.1, 0.15) is 5.56 Å². The van der Waals surface area contributed by atoms with Crippen molar-refractivity contribution in [2.24, 2.45) is 11.8 Å². The number of nitrogens with one attached hydrogen (secondary N) is 2. The van der Waals surface area contributed by atoms with Gasteiger partial charge in [-0.05, 0) is 49.5 Å². The summed E-state index contributed by atoms with van der Waals surface area (Å²) in [6.07, 6.45) is 3.35. The fourth-order valence-electron chi connectivity index (χ4n) is 4.61. The minimum absolute atomic E-state index is 0.213. The molecule has 4 atom stereocenters. The SMILES string of the molecule is Cc1ccc(N2C(=O)[C@@H]3[C@@H](C2=O)[C@@]2(CNC(=S)Nc4cccc(Cl)c4)C=C[C@H]3O2)cc1. The number of ether oxygens (including phenoxy) is 1. The highest BCUT2D eigenvalue weighted by molar-refractivity contribution is 7.80. The van der Waals surface area contributed by atoms with E-state index in [1.165, 1.54) is 4.90 Å². The molecule has 2 aromatic rings. The van der Waals surface area contributed by atoms with E-state index in [0.29, 0.717) is 15.8 Å². The third-order valence-electron chi connectivity index (χ3n) is 6.05. The van der Waals surface area contributed by atoms with Crippen molar-refractivity contribution in [2.45, 2.75) is 18.6 Å². The molecular formula is C23H20ClN3O3S. The molecule has 8 heteroatoms. The van der Waals surface area contributed by atoms with Gasteiger partial charge < -0.3 is 15.4 Å². The molecule has 2 N–H and O–H groups in total. The molecule has 0 radical (unpaired) electrons. The molecule has 31 heavy (non-hydrogen) atoms. The summed E-state index contributed by atoms with van der Waals surface area (Å²) in [5.41, 5.74) is 1.50. The first-order valence-corrected chi connectivity index (χ1v) is 10.8. The lowest BCUT2D eigenvalue weighted by Crippen LogP contribution is -2.49. The second-order valence-electron chi connectivity index (χ2n) is 8.07. The highest BCUT2D eigenvalue weighted by atomic mass is 35.5. The number of rotatable bonds is 4. The largest absolute Gasteiger partial charge is 0.360 e. The number of hydrogen-bond acceptors (Lipinski definition) is 4. The third-order valence-corrected chi connectivity index (χ3v) is 6.54. The molecule has 2 bridgehead atoms.